The number of alkyl halides is 2. The lowest BCUT2D eigenvalue weighted by Crippen LogP contribution is -2.40. The molecule has 1 saturated heterocycles. The van der Waals surface area contributed by atoms with Gasteiger partial charge in [-0.15, -0.1) is 0 Å². The first-order valence-electron chi connectivity index (χ1n) is 6.58. The number of ether oxygens (including phenoxy) is 1. The summed E-state index contributed by atoms with van der Waals surface area (Å²) in [5, 5.41) is 0. The standard InChI is InChI=1S/C13H18F2N2O3/c1-12(2)3-9(16-8-18)4-13(6-12)7-17(13)11(19)20-5-10(14)15/h9-10H,3-7H2,1-2H3. The minimum Gasteiger partial charge on any atom is -0.443 e. The van der Waals surface area contributed by atoms with E-state index in [-0.39, 0.29) is 11.5 Å². The highest BCUT2D eigenvalue weighted by Crippen LogP contribution is 2.52. The molecule has 2 unspecified atom stereocenters. The molecule has 0 radical (unpaired) electrons. The van der Waals surface area contributed by atoms with Crippen LogP contribution in [0.5, 0.6) is 0 Å². The van der Waals surface area contributed by atoms with Gasteiger partial charge in [-0.2, -0.15) is 0 Å². The number of halogens is 2. The van der Waals surface area contributed by atoms with Crippen molar-refractivity contribution in [3.05, 3.63) is 0 Å². The second kappa shape index (κ2) is 5.13. The molecule has 2 atom stereocenters. The number of carbonyl (C=O) groups excluding carboxylic acids is 2. The van der Waals surface area contributed by atoms with Crippen LogP contribution in [0.2, 0.25) is 0 Å². The number of rotatable bonds is 3. The minimum absolute atomic E-state index is 0.0684. The molecular weight excluding hydrogens is 270 g/mol. The molecule has 0 aromatic rings. The van der Waals surface area contributed by atoms with Gasteiger partial charge < -0.3 is 4.74 Å². The van der Waals surface area contributed by atoms with E-state index in [4.69, 9.17) is 0 Å². The Morgan fingerprint density at radius 3 is 2.80 bits per heavy atom. The molecule has 0 aromatic heterocycles. The molecule has 1 heterocycles. The van der Waals surface area contributed by atoms with Crippen molar-refractivity contribution in [1.29, 1.82) is 0 Å². The second-order valence-corrected chi connectivity index (χ2v) is 6.40. The number of nitrogens with zero attached hydrogens (tertiary/aromatic N) is 2. The zero-order valence-corrected chi connectivity index (χ0v) is 11.6. The lowest BCUT2D eigenvalue weighted by molar-refractivity contribution is 0.0369. The van der Waals surface area contributed by atoms with Crippen LogP contribution in [0.1, 0.15) is 33.1 Å². The van der Waals surface area contributed by atoms with E-state index in [0.717, 1.165) is 12.8 Å². The van der Waals surface area contributed by atoms with E-state index in [2.05, 4.69) is 9.73 Å². The first-order chi connectivity index (χ1) is 9.28. The summed E-state index contributed by atoms with van der Waals surface area (Å²) in [6, 6.07) is -0.177. The Bertz CT molecular complexity index is 449. The Kier molecular flexibility index (Phi) is 3.82. The lowest BCUT2D eigenvalue weighted by Gasteiger charge is -2.38. The van der Waals surface area contributed by atoms with Gasteiger partial charge in [0.05, 0.1) is 11.6 Å². The predicted octanol–water partition coefficient (Wildman–Crippen LogP) is 2.36. The average molecular weight is 288 g/mol. The van der Waals surface area contributed by atoms with Crippen molar-refractivity contribution in [2.75, 3.05) is 13.2 Å². The molecule has 0 bridgehead atoms. The number of carbonyl (C=O) groups is 1. The lowest BCUT2D eigenvalue weighted by atomic mass is 9.69. The molecule has 1 aliphatic heterocycles. The third kappa shape index (κ3) is 3.15. The van der Waals surface area contributed by atoms with Crippen molar-refractivity contribution >= 4 is 12.2 Å². The maximum Gasteiger partial charge on any atom is 0.410 e. The van der Waals surface area contributed by atoms with Crippen molar-refractivity contribution in [3.8, 4) is 0 Å². The number of amides is 1. The molecule has 1 spiro atoms. The molecule has 1 aliphatic carbocycles. The molecule has 7 heteroatoms. The number of hydrogen-bond donors (Lipinski definition) is 0. The second-order valence-electron chi connectivity index (χ2n) is 6.40. The van der Waals surface area contributed by atoms with E-state index in [1.54, 1.807) is 6.08 Å². The van der Waals surface area contributed by atoms with Gasteiger partial charge in [-0.25, -0.2) is 23.4 Å². The summed E-state index contributed by atoms with van der Waals surface area (Å²) in [4.78, 5) is 27.4. The van der Waals surface area contributed by atoms with Crippen molar-refractivity contribution in [2.24, 2.45) is 10.4 Å². The molecule has 112 valence electrons. The van der Waals surface area contributed by atoms with Crippen LogP contribution < -0.4 is 0 Å². The maximum atomic E-state index is 12.0. The van der Waals surface area contributed by atoms with Crippen LogP contribution in [0.15, 0.2) is 4.99 Å². The molecule has 1 amide bonds. The summed E-state index contributed by atoms with van der Waals surface area (Å²) in [7, 11) is 0. The molecule has 0 N–H and O–H groups in total. The van der Waals surface area contributed by atoms with E-state index in [1.165, 1.54) is 4.90 Å². The Morgan fingerprint density at radius 1 is 1.50 bits per heavy atom. The first kappa shape index (κ1) is 14.9. The van der Waals surface area contributed by atoms with Crippen LogP contribution in [0.4, 0.5) is 13.6 Å². The highest BCUT2D eigenvalue weighted by molar-refractivity contribution is 5.72. The quantitative estimate of drug-likeness (QED) is 0.455. The highest BCUT2D eigenvalue weighted by Gasteiger charge is 2.61. The first-order valence-corrected chi connectivity index (χ1v) is 6.58. The summed E-state index contributed by atoms with van der Waals surface area (Å²) < 4.78 is 28.6. The van der Waals surface area contributed by atoms with E-state index < -0.39 is 24.7 Å². The van der Waals surface area contributed by atoms with Crippen LogP contribution >= 0.6 is 0 Å². The van der Waals surface area contributed by atoms with E-state index in [1.807, 2.05) is 13.8 Å². The Labute approximate surface area is 116 Å². The summed E-state index contributed by atoms with van der Waals surface area (Å²) in [5.74, 6) is 0. The molecule has 20 heavy (non-hydrogen) atoms. The number of aliphatic imine (C=N–C) groups is 1. The number of hydrogen-bond acceptors (Lipinski definition) is 4. The molecule has 2 fully saturated rings. The van der Waals surface area contributed by atoms with E-state index >= 15 is 0 Å². The Balaban J connectivity index is 2.01. The molecule has 2 rings (SSSR count). The predicted molar refractivity (Wildman–Crippen MR) is 66.3 cm³/mol. The van der Waals surface area contributed by atoms with Crippen LogP contribution in [0, 0.1) is 5.41 Å². The van der Waals surface area contributed by atoms with Crippen LogP contribution in [0.25, 0.3) is 0 Å². The smallest absolute Gasteiger partial charge is 0.410 e. The van der Waals surface area contributed by atoms with Crippen molar-refractivity contribution in [3.63, 3.8) is 0 Å². The monoisotopic (exact) mass is 288 g/mol. The van der Waals surface area contributed by atoms with Gasteiger partial charge in [0.2, 0.25) is 6.08 Å². The minimum atomic E-state index is -2.66. The summed E-state index contributed by atoms with van der Waals surface area (Å²) in [6.45, 7) is 3.68. The molecular formula is C13H18F2N2O3. The van der Waals surface area contributed by atoms with Crippen molar-refractivity contribution < 1.29 is 23.1 Å². The highest BCUT2D eigenvalue weighted by atomic mass is 19.3. The van der Waals surface area contributed by atoms with Gasteiger partial charge in [-0.05, 0) is 24.7 Å². The van der Waals surface area contributed by atoms with Gasteiger partial charge in [0.15, 0.2) is 6.61 Å². The SMILES string of the molecule is CC1(C)CC(N=C=O)CC2(CN2C(=O)OCC(F)F)C1. The molecule has 2 aliphatic rings. The topological polar surface area (TPSA) is 58.7 Å². The van der Waals surface area contributed by atoms with Gasteiger partial charge >= 0.3 is 6.09 Å². The van der Waals surface area contributed by atoms with Crippen molar-refractivity contribution in [1.82, 2.24) is 4.90 Å². The fourth-order valence-corrected chi connectivity index (χ4v) is 3.41. The Hall–Kier alpha value is -1.49. The summed E-state index contributed by atoms with van der Waals surface area (Å²) >= 11 is 0. The molecule has 1 saturated carbocycles. The molecule has 5 nitrogen and oxygen atoms in total. The fourth-order valence-electron chi connectivity index (χ4n) is 3.41. The zero-order valence-electron chi connectivity index (χ0n) is 11.6. The zero-order chi connectivity index (χ0) is 15.0. The molecule has 0 aromatic carbocycles. The third-order valence-corrected chi connectivity index (χ3v) is 3.92. The van der Waals surface area contributed by atoms with Gasteiger partial charge in [0.25, 0.3) is 6.43 Å². The largest absolute Gasteiger partial charge is 0.443 e. The maximum absolute atomic E-state index is 12.0. The summed E-state index contributed by atoms with van der Waals surface area (Å²) in [6.07, 6.45) is 0.270. The Morgan fingerprint density at radius 2 is 2.20 bits per heavy atom. The third-order valence-electron chi connectivity index (χ3n) is 3.92. The fraction of sp³-hybridized carbons (Fsp3) is 0.846. The van der Waals surface area contributed by atoms with Gasteiger partial charge in [0, 0.05) is 6.54 Å². The van der Waals surface area contributed by atoms with Crippen LogP contribution in [-0.4, -0.2) is 48.2 Å². The van der Waals surface area contributed by atoms with Gasteiger partial charge in [-0.1, -0.05) is 13.8 Å². The summed E-state index contributed by atoms with van der Waals surface area (Å²) in [5.41, 5.74) is -0.465. The van der Waals surface area contributed by atoms with Crippen LogP contribution in [-0.2, 0) is 9.53 Å². The van der Waals surface area contributed by atoms with Crippen LogP contribution in [0.3, 0.4) is 0 Å². The number of isocyanates is 1. The van der Waals surface area contributed by atoms with E-state index in [0.29, 0.717) is 13.0 Å². The average Bonchev–Trinajstić information content (AvgIpc) is 2.97. The van der Waals surface area contributed by atoms with Gasteiger partial charge in [-0.3, -0.25) is 4.90 Å². The van der Waals surface area contributed by atoms with Crippen molar-refractivity contribution in [2.45, 2.75) is 51.1 Å². The van der Waals surface area contributed by atoms with Gasteiger partial charge in [0.1, 0.15) is 0 Å². The normalized spacial score (nSPS) is 31.1. The van der Waals surface area contributed by atoms with E-state index in [9.17, 15) is 18.4 Å².